The zero-order chi connectivity index (χ0) is 8.69. The molecular weight excluding hydrogens is 142 g/mol. The summed E-state index contributed by atoms with van der Waals surface area (Å²) in [5.74, 6) is 0.204. The summed E-state index contributed by atoms with van der Waals surface area (Å²) in [6, 6.07) is 1.55. The first-order chi connectivity index (χ1) is 5.16. The Morgan fingerprint density at radius 2 is 2.18 bits per heavy atom. The minimum absolute atomic E-state index is 0.204. The standard InChI is InChI=1S/C6H13N5/c7-4-5(8)2-1-3-11-6(9)10/h5H,1-3,8H2,(H4,9,10,11)/p+1. The Kier molecular flexibility index (Phi) is 4.86. The largest absolute Gasteiger partial charge is 0.338 e. The van der Waals surface area contributed by atoms with Gasteiger partial charge in [-0.1, -0.05) is 0 Å². The first kappa shape index (κ1) is 9.72. The Morgan fingerprint density at radius 3 is 2.64 bits per heavy atom. The molecular formula is C6H14N5+. The molecule has 0 amide bonds. The maximum absolute atomic E-state index is 8.29. The zero-order valence-electron chi connectivity index (χ0n) is 6.38. The second kappa shape index (κ2) is 5.50. The maximum Gasteiger partial charge on any atom is 0.338 e. The summed E-state index contributed by atoms with van der Waals surface area (Å²) in [5, 5.41) is 8.29. The average molecular weight is 156 g/mol. The minimum Gasteiger partial charge on any atom is -0.316 e. The van der Waals surface area contributed by atoms with Crippen LogP contribution >= 0.6 is 0 Å². The maximum atomic E-state index is 8.29. The molecule has 0 aliphatic heterocycles. The van der Waals surface area contributed by atoms with E-state index >= 15 is 0 Å². The Bertz CT molecular complexity index is 164. The van der Waals surface area contributed by atoms with Crippen LogP contribution in [0.4, 0.5) is 0 Å². The molecule has 0 heterocycles. The van der Waals surface area contributed by atoms with Gasteiger partial charge in [0.2, 0.25) is 0 Å². The second-order valence-corrected chi connectivity index (χ2v) is 2.26. The van der Waals surface area contributed by atoms with Gasteiger partial charge in [-0.3, -0.25) is 16.5 Å². The van der Waals surface area contributed by atoms with E-state index < -0.39 is 0 Å². The van der Waals surface area contributed by atoms with Gasteiger partial charge < -0.3 is 5.73 Å². The molecule has 1 atom stereocenters. The van der Waals surface area contributed by atoms with Gasteiger partial charge in [-0.25, -0.2) is 0 Å². The Balaban J connectivity index is 3.30. The molecule has 11 heavy (non-hydrogen) atoms. The number of nitrogens with one attached hydrogen (secondary N) is 1. The number of nitrogens with zero attached hydrogens (tertiary/aromatic N) is 1. The summed E-state index contributed by atoms with van der Waals surface area (Å²) < 4.78 is 0. The van der Waals surface area contributed by atoms with Crippen LogP contribution in [0.5, 0.6) is 0 Å². The highest BCUT2D eigenvalue weighted by molar-refractivity contribution is 5.69. The van der Waals surface area contributed by atoms with E-state index in [0.29, 0.717) is 13.0 Å². The fraction of sp³-hybridized carbons (Fsp3) is 0.667. The third-order valence-corrected chi connectivity index (χ3v) is 1.19. The van der Waals surface area contributed by atoms with Gasteiger partial charge in [0.1, 0.15) is 0 Å². The fourth-order valence-electron chi connectivity index (χ4n) is 0.619. The van der Waals surface area contributed by atoms with Crippen molar-refractivity contribution < 1.29 is 4.99 Å². The fourth-order valence-corrected chi connectivity index (χ4v) is 0.619. The van der Waals surface area contributed by atoms with Gasteiger partial charge in [-0.15, -0.1) is 0 Å². The molecule has 0 bridgehead atoms. The summed E-state index contributed by atoms with van der Waals surface area (Å²) >= 11 is 0. The first-order valence-corrected chi connectivity index (χ1v) is 3.43. The lowest BCUT2D eigenvalue weighted by Crippen LogP contribution is -2.78. The van der Waals surface area contributed by atoms with Crippen molar-refractivity contribution in [3.8, 4) is 6.07 Å². The minimum atomic E-state index is -0.379. The van der Waals surface area contributed by atoms with Gasteiger partial charge in [0.15, 0.2) is 0 Å². The highest BCUT2D eigenvalue weighted by Gasteiger charge is 1.97. The van der Waals surface area contributed by atoms with E-state index in [-0.39, 0.29) is 12.0 Å². The van der Waals surface area contributed by atoms with E-state index in [2.05, 4.69) is 4.99 Å². The van der Waals surface area contributed by atoms with Crippen LogP contribution in [0.2, 0.25) is 0 Å². The van der Waals surface area contributed by atoms with E-state index in [0.717, 1.165) is 6.42 Å². The lowest BCUT2D eigenvalue weighted by molar-refractivity contribution is -0.459. The van der Waals surface area contributed by atoms with Crippen molar-refractivity contribution in [3.05, 3.63) is 0 Å². The smallest absolute Gasteiger partial charge is 0.316 e. The first-order valence-electron chi connectivity index (χ1n) is 3.43. The SMILES string of the molecule is N#CC(N)CCC[NH+]=C(N)N. The molecule has 7 N–H and O–H groups in total. The summed E-state index contributed by atoms with van der Waals surface area (Å²) in [6.07, 6.45) is 1.46. The zero-order valence-corrected chi connectivity index (χ0v) is 6.38. The van der Waals surface area contributed by atoms with Gasteiger partial charge in [0.05, 0.1) is 18.7 Å². The normalized spacial score (nSPS) is 11.6. The Hall–Kier alpha value is -1.28. The van der Waals surface area contributed by atoms with Crippen LogP contribution < -0.4 is 22.2 Å². The van der Waals surface area contributed by atoms with E-state index in [1.165, 1.54) is 0 Å². The number of hydrogen-bond donors (Lipinski definition) is 4. The van der Waals surface area contributed by atoms with Crippen LogP contribution in [0.1, 0.15) is 12.8 Å². The lowest BCUT2D eigenvalue weighted by atomic mass is 10.2. The summed E-state index contributed by atoms with van der Waals surface area (Å²) in [7, 11) is 0. The molecule has 0 radical (unpaired) electrons. The van der Waals surface area contributed by atoms with E-state index in [1.54, 1.807) is 0 Å². The Morgan fingerprint density at radius 1 is 1.55 bits per heavy atom. The molecule has 0 fully saturated rings. The summed E-state index contributed by atoms with van der Waals surface area (Å²) in [6.45, 7) is 0.664. The van der Waals surface area contributed by atoms with Crippen LogP contribution in [-0.2, 0) is 0 Å². The van der Waals surface area contributed by atoms with Gasteiger partial charge in [-0.05, 0) is 12.8 Å². The van der Waals surface area contributed by atoms with Gasteiger partial charge in [-0.2, -0.15) is 5.26 Å². The molecule has 5 heteroatoms. The van der Waals surface area contributed by atoms with Crippen LogP contribution in [0.15, 0.2) is 0 Å². The highest BCUT2D eigenvalue weighted by Crippen LogP contribution is 1.88. The summed E-state index contributed by atoms with van der Waals surface area (Å²) in [5.41, 5.74) is 15.6. The molecule has 0 aliphatic rings. The summed E-state index contributed by atoms with van der Waals surface area (Å²) in [4.78, 5) is 2.73. The quantitative estimate of drug-likeness (QED) is 0.197. The molecule has 0 aromatic carbocycles. The molecule has 0 aromatic rings. The van der Waals surface area contributed by atoms with Gasteiger partial charge in [0.25, 0.3) is 0 Å². The van der Waals surface area contributed by atoms with Crippen molar-refractivity contribution in [2.75, 3.05) is 6.54 Å². The third kappa shape index (κ3) is 6.61. The second-order valence-electron chi connectivity index (χ2n) is 2.26. The topological polar surface area (TPSA) is 116 Å². The number of rotatable bonds is 4. The van der Waals surface area contributed by atoms with Gasteiger partial charge >= 0.3 is 5.96 Å². The molecule has 0 aliphatic carbocycles. The lowest BCUT2D eigenvalue weighted by Gasteiger charge is -1.97. The molecule has 0 saturated carbocycles. The van der Waals surface area contributed by atoms with Crippen LogP contribution in [0.3, 0.4) is 0 Å². The predicted octanol–water partition coefficient (Wildman–Crippen LogP) is -3.03. The molecule has 0 saturated heterocycles. The van der Waals surface area contributed by atoms with E-state index in [9.17, 15) is 0 Å². The number of hydrogen-bond acceptors (Lipinski definition) is 2. The number of nitriles is 1. The van der Waals surface area contributed by atoms with Crippen molar-refractivity contribution in [1.29, 1.82) is 5.26 Å². The van der Waals surface area contributed by atoms with Crippen LogP contribution in [0, 0.1) is 11.3 Å². The van der Waals surface area contributed by atoms with E-state index in [4.69, 9.17) is 22.5 Å². The highest BCUT2D eigenvalue weighted by atomic mass is 15.0. The van der Waals surface area contributed by atoms with Crippen molar-refractivity contribution >= 4 is 5.96 Å². The van der Waals surface area contributed by atoms with Gasteiger partial charge in [0, 0.05) is 0 Å². The van der Waals surface area contributed by atoms with Crippen molar-refractivity contribution in [3.63, 3.8) is 0 Å². The molecule has 62 valence electrons. The molecule has 0 rings (SSSR count). The predicted molar refractivity (Wildman–Crippen MR) is 42.0 cm³/mol. The molecule has 5 nitrogen and oxygen atoms in total. The van der Waals surface area contributed by atoms with Crippen molar-refractivity contribution in [1.82, 2.24) is 0 Å². The van der Waals surface area contributed by atoms with Crippen molar-refractivity contribution in [2.24, 2.45) is 17.2 Å². The molecule has 1 unspecified atom stereocenters. The molecule has 0 spiro atoms. The van der Waals surface area contributed by atoms with Crippen LogP contribution in [0.25, 0.3) is 0 Å². The average Bonchev–Trinajstić information content (AvgIpc) is 1.97. The number of guanidine groups is 1. The van der Waals surface area contributed by atoms with E-state index in [1.807, 2.05) is 6.07 Å². The van der Waals surface area contributed by atoms with Crippen molar-refractivity contribution in [2.45, 2.75) is 18.9 Å². The number of nitrogens with two attached hydrogens (primary N) is 3. The monoisotopic (exact) mass is 156 g/mol. The molecule has 0 aromatic heterocycles. The third-order valence-electron chi connectivity index (χ3n) is 1.19. The van der Waals surface area contributed by atoms with Crippen LogP contribution in [-0.4, -0.2) is 18.5 Å². The Labute approximate surface area is 65.9 Å².